The highest BCUT2D eigenvalue weighted by molar-refractivity contribution is 5.90. The van der Waals surface area contributed by atoms with Gasteiger partial charge in [-0.25, -0.2) is 0 Å². The molecule has 0 radical (unpaired) electrons. The van der Waals surface area contributed by atoms with Gasteiger partial charge in [-0.3, -0.25) is 4.79 Å². The summed E-state index contributed by atoms with van der Waals surface area (Å²) >= 11 is 0. The van der Waals surface area contributed by atoms with Gasteiger partial charge in [0.1, 0.15) is 0 Å². The molecule has 0 saturated heterocycles. The smallest absolute Gasteiger partial charge is 0.296 e. The Morgan fingerprint density at radius 2 is 2.20 bits per heavy atom. The molecule has 3 N–H and O–H groups in total. The Morgan fingerprint density at radius 3 is 2.80 bits per heavy atom. The number of benzene rings is 1. The number of hydrogen-bond donors (Lipinski definition) is 2. The van der Waals surface area contributed by atoms with E-state index in [1.165, 1.54) is 4.57 Å². The van der Waals surface area contributed by atoms with E-state index in [1.54, 1.807) is 31.3 Å². The van der Waals surface area contributed by atoms with Gasteiger partial charge in [0, 0.05) is 24.5 Å². The van der Waals surface area contributed by atoms with Crippen LogP contribution in [0.2, 0.25) is 0 Å². The summed E-state index contributed by atoms with van der Waals surface area (Å²) in [6.45, 7) is 3.78. The average Bonchev–Trinajstić information content (AvgIpc) is 2.45. The molecule has 1 heterocycles. The van der Waals surface area contributed by atoms with Crippen molar-refractivity contribution in [1.82, 2.24) is 4.57 Å². The van der Waals surface area contributed by atoms with Gasteiger partial charge in [-0.2, -0.15) is 0 Å². The van der Waals surface area contributed by atoms with E-state index in [-0.39, 0.29) is 5.75 Å². The first-order chi connectivity index (χ1) is 9.49. The first-order valence-electron chi connectivity index (χ1n) is 6.43. The Balaban J connectivity index is 2.79. The van der Waals surface area contributed by atoms with E-state index in [4.69, 9.17) is 10.5 Å². The topological polar surface area (TPSA) is 77.5 Å². The summed E-state index contributed by atoms with van der Waals surface area (Å²) in [6.07, 6.45) is 2.47. The fourth-order valence-electron chi connectivity index (χ4n) is 2.08. The van der Waals surface area contributed by atoms with Crippen molar-refractivity contribution < 1.29 is 9.84 Å². The number of rotatable bonds is 3. The molecule has 1 aromatic carbocycles. The predicted octanol–water partition coefficient (Wildman–Crippen LogP) is 2.52. The zero-order chi connectivity index (χ0) is 14.9. The highest BCUT2D eigenvalue weighted by Crippen LogP contribution is 2.34. The number of nitrogens with two attached hydrogens (primary N) is 1. The molecule has 0 fully saturated rings. The molecule has 5 nitrogen and oxygen atoms in total. The lowest BCUT2D eigenvalue weighted by Crippen LogP contribution is -2.17. The lowest BCUT2D eigenvalue weighted by Gasteiger charge is -2.14. The SMILES string of the molecule is CC=C(CC)Oc1c(O)c(=O)n(C)c2cc(N)ccc12. The van der Waals surface area contributed by atoms with Crippen LogP contribution in [0.3, 0.4) is 0 Å². The second kappa shape index (κ2) is 5.28. The number of nitrogen functional groups attached to an aromatic ring is 1. The minimum Gasteiger partial charge on any atom is -0.500 e. The Hall–Kier alpha value is -2.43. The van der Waals surface area contributed by atoms with Crippen molar-refractivity contribution in [1.29, 1.82) is 0 Å². The zero-order valence-corrected chi connectivity index (χ0v) is 11.8. The van der Waals surface area contributed by atoms with Gasteiger partial charge in [0.05, 0.1) is 11.3 Å². The summed E-state index contributed by atoms with van der Waals surface area (Å²) in [6, 6.07) is 5.13. The molecule has 0 amide bonds. The lowest BCUT2D eigenvalue weighted by molar-refractivity contribution is 0.370. The summed E-state index contributed by atoms with van der Waals surface area (Å²) in [4.78, 5) is 12.0. The van der Waals surface area contributed by atoms with E-state index in [2.05, 4.69) is 0 Å². The molecule has 0 aliphatic carbocycles. The summed E-state index contributed by atoms with van der Waals surface area (Å²) in [5.74, 6) is 0.474. The number of hydrogen-bond acceptors (Lipinski definition) is 4. The van der Waals surface area contributed by atoms with Crippen LogP contribution in [0.25, 0.3) is 10.9 Å². The van der Waals surface area contributed by atoms with Gasteiger partial charge in [0.15, 0.2) is 5.75 Å². The second-order valence-corrected chi connectivity index (χ2v) is 4.53. The van der Waals surface area contributed by atoms with Gasteiger partial charge in [-0.15, -0.1) is 0 Å². The van der Waals surface area contributed by atoms with Gasteiger partial charge in [0.25, 0.3) is 5.56 Å². The van der Waals surface area contributed by atoms with Gasteiger partial charge < -0.3 is 20.1 Å². The highest BCUT2D eigenvalue weighted by atomic mass is 16.5. The van der Waals surface area contributed by atoms with Crippen LogP contribution in [0, 0.1) is 0 Å². The number of ether oxygens (including phenoxy) is 1. The molecule has 2 aromatic rings. The number of allylic oxidation sites excluding steroid dienone is 2. The molecule has 0 saturated carbocycles. The van der Waals surface area contributed by atoms with Crippen LogP contribution in [0.15, 0.2) is 34.8 Å². The van der Waals surface area contributed by atoms with Crippen molar-refractivity contribution in [2.75, 3.05) is 5.73 Å². The van der Waals surface area contributed by atoms with E-state index in [0.29, 0.717) is 28.8 Å². The van der Waals surface area contributed by atoms with E-state index in [9.17, 15) is 9.90 Å². The Bertz CT molecular complexity index is 745. The molecule has 5 heteroatoms. The largest absolute Gasteiger partial charge is 0.500 e. The number of fused-ring (bicyclic) bond motifs is 1. The fourth-order valence-corrected chi connectivity index (χ4v) is 2.08. The predicted molar refractivity (Wildman–Crippen MR) is 79.9 cm³/mol. The summed E-state index contributed by atoms with van der Waals surface area (Å²) < 4.78 is 7.05. The van der Waals surface area contributed by atoms with Crippen LogP contribution in [0.4, 0.5) is 5.69 Å². The van der Waals surface area contributed by atoms with Crippen LogP contribution in [-0.2, 0) is 7.05 Å². The summed E-state index contributed by atoms with van der Waals surface area (Å²) in [5, 5.41) is 10.7. The van der Waals surface area contributed by atoms with Crippen molar-refractivity contribution >= 4 is 16.6 Å². The number of nitrogens with zero attached hydrogens (tertiary/aromatic N) is 1. The molecule has 106 valence electrons. The zero-order valence-electron chi connectivity index (χ0n) is 11.8. The van der Waals surface area contributed by atoms with Gasteiger partial charge >= 0.3 is 0 Å². The molecule has 0 spiro atoms. The fraction of sp³-hybridized carbons (Fsp3) is 0.267. The van der Waals surface area contributed by atoms with Gasteiger partial charge in [-0.1, -0.05) is 6.92 Å². The van der Waals surface area contributed by atoms with Crippen LogP contribution >= 0.6 is 0 Å². The van der Waals surface area contributed by atoms with E-state index < -0.39 is 11.3 Å². The molecule has 0 unspecified atom stereocenters. The first kappa shape index (κ1) is 14.0. The van der Waals surface area contributed by atoms with Crippen molar-refractivity contribution in [2.24, 2.45) is 7.05 Å². The molecule has 20 heavy (non-hydrogen) atoms. The Kier molecular flexibility index (Phi) is 3.70. The maximum Gasteiger partial charge on any atom is 0.296 e. The number of aromatic nitrogens is 1. The van der Waals surface area contributed by atoms with Crippen molar-refractivity contribution in [3.63, 3.8) is 0 Å². The number of aryl methyl sites for hydroxylation is 1. The molecule has 1 aromatic heterocycles. The molecular formula is C15H18N2O3. The monoisotopic (exact) mass is 274 g/mol. The minimum atomic E-state index is -0.510. The average molecular weight is 274 g/mol. The molecular weight excluding hydrogens is 256 g/mol. The highest BCUT2D eigenvalue weighted by Gasteiger charge is 2.17. The van der Waals surface area contributed by atoms with Crippen molar-refractivity contribution in [3.8, 4) is 11.5 Å². The molecule has 0 aliphatic rings. The summed E-state index contributed by atoms with van der Waals surface area (Å²) in [7, 11) is 1.59. The van der Waals surface area contributed by atoms with Crippen LogP contribution in [-0.4, -0.2) is 9.67 Å². The number of aromatic hydroxyl groups is 1. The summed E-state index contributed by atoms with van der Waals surface area (Å²) in [5.41, 5.74) is 6.41. The molecule has 0 atom stereocenters. The maximum absolute atomic E-state index is 12.0. The Labute approximate surface area is 116 Å². The third-order valence-electron chi connectivity index (χ3n) is 3.25. The van der Waals surface area contributed by atoms with Gasteiger partial charge in [-0.05, 0) is 31.2 Å². The minimum absolute atomic E-state index is 0.179. The molecule has 2 rings (SSSR count). The van der Waals surface area contributed by atoms with E-state index in [0.717, 1.165) is 0 Å². The van der Waals surface area contributed by atoms with Crippen LogP contribution < -0.4 is 16.0 Å². The van der Waals surface area contributed by atoms with Crippen molar-refractivity contribution in [2.45, 2.75) is 20.3 Å². The van der Waals surface area contributed by atoms with E-state index >= 15 is 0 Å². The quantitative estimate of drug-likeness (QED) is 0.666. The van der Waals surface area contributed by atoms with Crippen LogP contribution in [0.1, 0.15) is 20.3 Å². The third kappa shape index (κ3) is 2.22. The normalized spacial score (nSPS) is 11.8. The Morgan fingerprint density at radius 1 is 1.50 bits per heavy atom. The van der Waals surface area contributed by atoms with Crippen LogP contribution in [0.5, 0.6) is 11.5 Å². The number of anilines is 1. The molecule has 0 bridgehead atoms. The first-order valence-corrected chi connectivity index (χ1v) is 6.43. The lowest BCUT2D eigenvalue weighted by atomic mass is 10.1. The maximum atomic E-state index is 12.0. The molecule has 0 aliphatic heterocycles. The third-order valence-corrected chi connectivity index (χ3v) is 3.25. The second-order valence-electron chi connectivity index (χ2n) is 4.53. The van der Waals surface area contributed by atoms with E-state index in [1.807, 2.05) is 13.8 Å². The standard InChI is InChI=1S/C15H18N2O3/c1-4-10(5-2)20-14-11-7-6-9(16)8-12(11)17(3)15(19)13(14)18/h4,6-8,18H,5,16H2,1-3H3. The van der Waals surface area contributed by atoms with Crippen molar-refractivity contribution in [3.05, 3.63) is 40.4 Å². The van der Waals surface area contributed by atoms with Gasteiger partial charge in [0.2, 0.25) is 5.75 Å². The number of pyridine rings is 1.